The zero-order valence-corrected chi connectivity index (χ0v) is 9.57. The molecule has 3 rings (SSSR count). The van der Waals surface area contributed by atoms with Crippen molar-refractivity contribution in [2.45, 2.75) is 31.7 Å². The number of nitrogens with zero attached hydrogens (tertiary/aromatic N) is 1. The largest absolute Gasteiger partial charge is 0.353 e. The van der Waals surface area contributed by atoms with Crippen molar-refractivity contribution in [3.05, 3.63) is 30.0 Å². The molecule has 0 bridgehead atoms. The summed E-state index contributed by atoms with van der Waals surface area (Å²) in [6, 6.07) is 8.41. The number of carbonyl (C=O) groups excluding carboxylic acids is 1. The fraction of sp³-hybridized carbons (Fsp3) is 0.385. The third-order valence-corrected chi connectivity index (χ3v) is 3.09. The fourth-order valence-corrected chi connectivity index (χ4v) is 1.97. The van der Waals surface area contributed by atoms with Gasteiger partial charge in [0, 0.05) is 23.5 Å². The summed E-state index contributed by atoms with van der Waals surface area (Å²) in [6.45, 7) is 0. The zero-order chi connectivity index (χ0) is 11.7. The van der Waals surface area contributed by atoms with Crippen LogP contribution in [0.25, 0.3) is 10.9 Å². The smallest absolute Gasteiger partial charge is 0.220 e. The van der Waals surface area contributed by atoms with Crippen molar-refractivity contribution in [1.29, 1.82) is 0 Å². The normalized spacial score (nSPS) is 15.1. The minimum Gasteiger partial charge on any atom is -0.353 e. The molecule has 88 valence electrons. The van der Waals surface area contributed by atoms with Crippen molar-refractivity contribution in [2.75, 3.05) is 0 Å². The van der Waals surface area contributed by atoms with Crippen LogP contribution in [0.3, 0.4) is 0 Å². The number of benzene rings is 1. The molecule has 1 amide bonds. The van der Waals surface area contributed by atoms with Crippen LogP contribution in [0.4, 0.5) is 0 Å². The number of carbonyl (C=O) groups is 1. The van der Waals surface area contributed by atoms with E-state index >= 15 is 0 Å². The van der Waals surface area contributed by atoms with Crippen molar-refractivity contribution >= 4 is 16.8 Å². The number of aromatic amines is 1. The van der Waals surface area contributed by atoms with E-state index in [4.69, 9.17) is 0 Å². The first-order chi connectivity index (χ1) is 8.33. The van der Waals surface area contributed by atoms with Crippen LogP contribution in [0, 0.1) is 0 Å². The molecule has 1 aliphatic rings. The summed E-state index contributed by atoms with van der Waals surface area (Å²) in [5.41, 5.74) is 2.01. The maximum atomic E-state index is 11.6. The van der Waals surface area contributed by atoms with Gasteiger partial charge in [-0.2, -0.15) is 5.10 Å². The summed E-state index contributed by atoms with van der Waals surface area (Å²) >= 11 is 0. The maximum Gasteiger partial charge on any atom is 0.220 e. The second-order valence-corrected chi connectivity index (χ2v) is 4.56. The quantitative estimate of drug-likeness (QED) is 0.839. The monoisotopic (exact) mass is 229 g/mol. The van der Waals surface area contributed by atoms with Gasteiger partial charge in [-0.25, -0.2) is 0 Å². The van der Waals surface area contributed by atoms with E-state index in [1.807, 2.05) is 24.3 Å². The molecule has 4 heteroatoms. The predicted octanol–water partition coefficient (Wildman–Crippen LogP) is 1.77. The Kier molecular flexibility index (Phi) is 2.55. The minimum absolute atomic E-state index is 0.145. The van der Waals surface area contributed by atoms with E-state index in [0.717, 1.165) is 35.9 Å². The second kappa shape index (κ2) is 4.20. The highest BCUT2D eigenvalue weighted by Gasteiger charge is 2.22. The van der Waals surface area contributed by atoms with E-state index in [1.165, 1.54) is 0 Å². The molecule has 0 spiro atoms. The van der Waals surface area contributed by atoms with Gasteiger partial charge in [0.1, 0.15) is 0 Å². The van der Waals surface area contributed by atoms with Crippen LogP contribution in [0.15, 0.2) is 24.3 Å². The van der Waals surface area contributed by atoms with E-state index in [2.05, 4.69) is 15.5 Å². The molecule has 0 saturated heterocycles. The minimum atomic E-state index is 0.145. The molecule has 1 aliphatic carbocycles. The molecule has 0 radical (unpaired) electrons. The summed E-state index contributed by atoms with van der Waals surface area (Å²) in [7, 11) is 0. The van der Waals surface area contributed by atoms with E-state index < -0.39 is 0 Å². The molecular formula is C13H15N3O. The molecule has 1 aromatic heterocycles. The van der Waals surface area contributed by atoms with Gasteiger partial charge in [0.05, 0.1) is 5.52 Å². The van der Waals surface area contributed by atoms with E-state index in [9.17, 15) is 4.79 Å². The second-order valence-electron chi connectivity index (χ2n) is 4.56. The van der Waals surface area contributed by atoms with Crippen LogP contribution in [-0.4, -0.2) is 22.1 Å². The zero-order valence-electron chi connectivity index (χ0n) is 9.57. The number of amides is 1. The number of para-hydroxylation sites is 1. The molecule has 1 heterocycles. The van der Waals surface area contributed by atoms with E-state index in [1.54, 1.807) is 0 Å². The van der Waals surface area contributed by atoms with Crippen molar-refractivity contribution in [1.82, 2.24) is 15.5 Å². The number of aryl methyl sites for hydroxylation is 1. The Morgan fingerprint density at radius 2 is 2.24 bits per heavy atom. The maximum absolute atomic E-state index is 11.6. The fourth-order valence-electron chi connectivity index (χ4n) is 1.97. The molecule has 2 N–H and O–H groups in total. The summed E-state index contributed by atoms with van der Waals surface area (Å²) in [5, 5.41) is 11.3. The SMILES string of the molecule is O=C(CCc1[nH]nc2ccccc12)NC1CC1. The Hall–Kier alpha value is -1.84. The van der Waals surface area contributed by atoms with Crippen LogP contribution in [0.1, 0.15) is 25.0 Å². The van der Waals surface area contributed by atoms with Gasteiger partial charge in [-0.1, -0.05) is 18.2 Å². The summed E-state index contributed by atoms with van der Waals surface area (Å²) in [5.74, 6) is 0.145. The predicted molar refractivity (Wildman–Crippen MR) is 65.6 cm³/mol. The molecule has 17 heavy (non-hydrogen) atoms. The highest BCUT2D eigenvalue weighted by Crippen LogP contribution is 2.19. The molecule has 0 unspecified atom stereocenters. The Morgan fingerprint density at radius 1 is 1.41 bits per heavy atom. The Morgan fingerprint density at radius 3 is 3.06 bits per heavy atom. The molecule has 0 atom stereocenters. The summed E-state index contributed by atoms with van der Waals surface area (Å²) < 4.78 is 0. The number of H-pyrrole nitrogens is 1. The molecule has 1 aromatic carbocycles. The molecule has 4 nitrogen and oxygen atoms in total. The summed E-state index contributed by atoms with van der Waals surface area (Å²) in [6.07, 6.45) is 3.53. The lowest BCUT2D eigenvalue weighted by Crippen LogP contribution is -2.25. The lowest BCUT2D eigenvalue weighted by molar-refractivity contribution is -0.121. The van der Waals surface area contributed by atoms with Crippen LogP contribution in [0.2, 0.25) is 0 Å². The highest BCUT2D eigenvalue weighted by molar-refractivity contribution is 5.82. The molecule has 2 aromatic rings. The number of fused-ring (bicyclic) bond motifs is 1. The molecule has 0 aliphatic heterocycles. The standard InChI is InChI=1S/C13H15N3O/c17-13(14-9-5-6-9)8-7-12-10-3-1-2-4-11(10)15-16-12/h1-4,9H,5-8H2,(H,14,17)(H,15,16). The number of hydrogen-bond acceptors (Lipinski definition) is 2. The number of aromatic nitrogens is 2. The Balaban J connectivity index is 1.65. The Labute approximate surface area is 99.4 Å². The van der Waals surface area contributed by atoms with E-state index in [-0.39, 0.29) is 5.91 Å². The van der Waals surface area contributed by atoms with Crippen molar-refractivity contribution < 1.29 is 4.79 Å². The van der Waals surface area contributed by atoms with Gasteiger partial charge in [-0.15, -0.1) is 0 Å². The average molecular weight is 229 g/mol. The van der Waals surface area contributed by atoms with Gasteiger partial charge in [0.25, 0.3) is 0 Å². The highest BCUT2D eigenvalue weighted by atomic mass is 16.1. The average Bonchev–Trinajstić information content (AvgIpc) is 3.06. The number of hydrogen-bond donors (Lipinski definition) is 2. The third kappa shape index (κ3) is 2.30. The van der Waals surface area contributed by atoms with Gasteiger partial charge in [-0.3, -0.25) is 9.89 Å². The van der Waals surface area contributed by atoms with Crippen LogP contribution in [-0.2, 0) is 11.2 Å². The first-order valence-electron chi connectivity index (χ1n) is 6.04. The number of rotatable bonds is 4. The lowest BCUT2D eigenvalue weighted by atomic mass is 10.1. The van der Waals surface area contributed by atoms with Gasteiger partial charge in [-0.05, 0) is 25.3 Å². The van der Waals surface area contributed by atoms with Crippen LogP contribution >= 0.6 is 0 Å². The van der Waals surface area contributed by atoms with Gasteiger partial charge in [0.15, 0.2) is 0 Å². The van der Waals surface area contributed by atoms with Crippen LogP contribution < -0.4 is 5.32 Å². The molecule has 1 fully saturated rings. The third-order valence-electron chi connectivity index (χ3n) is 3.09. The molecular weight excluding hydrogens is 214 g/mol. The van der Waals surface area contributed by atoms with Crippen molar-refractivity contribution in [2.24, 2.45) is 0 Å². The van der Waals surface area contributed by atoms with Crippen LogP contribution in [0.5, 0.6) is 0 Å². The lowest BCUT2D eigenvalue weighted by Gasteiger charge is -2.01. The Bertz CT molecular complexity index is 542. The first-order valence-corrected chi connectivity index (χ1v) is 6.04. The van der Waals surface area contributed by atoms with Crippen molar-refractivity contribution in [3.8, 4) is 0 Å². The molecule has 1 saturated carbocycles. The van der Waals surface area contributed by atoms with Gasteiger partial charge < -0.3 is 5.32 Å². The summed E-state index contributed by atoms with van der Waals surface area (Å²) in [4.78, 5) is 11.6. The van der Waals surface area contributed by atoms with Gasteiger partial charge >= 0.3 is 0 Å². The first kappa shape index (κ1) is 10.3. The topological polar surface area (TPSA) is 57.8 Å². The number of nitrogens with one attached hydrogen (secondary N) is 2. The van der Waals surface area contributed by atoms with E-state index in [0.29, 0.717) is 12.5 Å². The van der Waals surface area contributed by atoms with Gasteiger partial charge in [0.2, 0.25) is 5.91 Å². The van der Waals surface area contributed by atoms with Crippen molar-refractivity contribution in [3.63, 3.8) is 0 Å².